The molecule has 0 saturated carbocycles. The van der Waals surface area contributed by atoms with Gasteiger partial charge in [0.1, 0.15) is 0 Å². The second-order valence-electron chi connectivity index (χ2n) is 5.84. The van der Waals surface area contributed by atoms with Crippen LogP contribution in [0.1, 0.15) is 16.7 Å². The predicted molar refractivity (Wildman–Crippen MR) is 92.7 cm³/mol. The molecule has 0 aromatic heterocycles. The van der Waals surface area contributed by atoms with E-state index in [9.17, 15) is 18.3 Å². The molecule has 2 aromatic carbocycles. The quantitative estimate of drug-likeness (QED) is 0.869. The van der Waals surface area contributed by atoms with Gasteiger partial charge >= 0.3 is 6.18 Å². The van der Waals surface area contributed by atoms with Gasteiger partial charge in [-0.05, 0) is 24.3 Å². The Hall–Kier alpha value is -2.05. The summed E-state index contributed by atoms with van der Waals surface area (Å²) in [5.74, 6) is 0. The number of hydrogen-bond acceptors (Lipinski definition) is 3. The van der Waals surface area contributed by atoms with E-state index < -0.39 is 11.7 Å². The lowest BCUT2D eigenvalue weighted by atomic mass is 9.95. The first-order valence-corrected chi connectivity index (χ1v) is 8.05. The number of benzene rings is 2. The van der Waals surface area contributed by atoms with Crippen molar-refractivity contribution in [3.63, 3.8) is 0 Å². The van der Waals surface area contributed by atoms with Gasteiger partial charge in [0, 0.05) is 28.9 Å². The van der Waals surface area contributed by atoms with Gasteiger partial charge in [-0.1, -0.05) is 29.8 Å². The second kappa shape index (κ2) is 6.69. The van der Waals surface area contributed by atoms with Crippen LogP contribution in [-0.2, 0) is 6.18 Å². The molecule has 0 radical (unpaired) electrons. The lowest BCUT2D eigenvalue weighted by Crippen LogP contribution is -2.36. The molecule has 0 fully saturated rings. The third-order valence-corrected chi connectivity index (χ3v) is 4.54. The average molecular weight is 369 g/mol. The first-order valence-electron chi connectivity index (χ1n) is 7.67. The number of rotatable bonds is 2. The summed E-state index contributed by atoms with van der Waals surface area (Å²) in [6.45, 7) is 0.0249. The zero-order valence-electron chi connectivity index (χ0n) is 13.4. The molecule has 132 valence electrons. The van der Waals surface area contributed by atoms with Gasteiger partial charge in [0.2, 0.25) is 0 Å². The van der Waals surface area contributed by atoms with Gasteiger partial charge in [0.05, 0.1) is 30.5 Å². The Labute approximate surface area is 148 Å². The summed E-state index contributed by atoms with van der Waals surface area (Å²) >= 11 is 6.09. The van der Waals surface area contributed by atoms with Crippen LogP contribution >= 0.6 is 11.6 Å². The van der Waals surface area contributed by atoms with Gasteiger partial charge in [-0.15, -0.1) is 0 Å². The van der Waals surface area contributed by atoms with E-state index in [-0.39, 0.29) is 30.5 Å². The van der Waals surface area contributed by atoms with Crippen molar-refractivity contribution in [2.75, 3.05) is 25.1 Å². The summed E-state index contributed by atoms with van der Waals surface area (Å²) in [6, 6.07) is 10.0. The van der Waals surface area contributed by atoms with Crippen molar-refractivity contribution in [2.24, 2.45) is 4.99 Å². The van der Waals surface area contributed by atoms with Crippen LogP contribution in [0, 0.1) is 0 Å². The summed E-state index contributed by atoms with van der Waals surface area (Å²) < 4.78 is 40.3. The van der Waals surface area contributed by atoms with Crippen molar-refractivity contribution in [3.8, 4) is 0 Å². The van der Waals surface area contributed by atoms with Gasteiger partial charge in [0.25, 0.3) is 0 Å². The highest BCUT2D eigenvalue weighted by Gasteiger charge is 2.35. The largest absolute Gasteiger partial charge is 0.417 e. The molecule has 0 spiro atoms. The number of anilines is 1. The molecule has 1 N–H and O–H groups in total. The van der Waals surface area contributed by atoms with Crippen LogP contribution in [0.15, 0.2) is 47.5 Å². The van der Waals surface area contributed by atoms with Crippen molar-refractivity contribution >= 4 is 23.0 Å². The number of aliphatic hydroxyl groups excluding tert-OH is 1. The highest BCUT2D eigenvalue weighted by Crippen LogP contribution is 2.36. The number of hydrogen-bond donors (Lipinski definition) is 1. The van der Waals surface area contributed by atoms with Crippen LogP contribution in [-0.4, -0.2) is 37.1 Å². The van der Waals surface area contributed by atoms with Crippen molar-refractivity contribution in [3.05, 3.63) is 64.2 Å². The minimum Gasteiger partial charge on any atom is -0.394 e. The highest BCUT2D eigenvalue weighted by molar-refractivity contribution is 6.31. The smallest absolute Gasteiger partial charge is 0.394 e. The molecule has 2 aromatic rings. The van der Waals surface area contributed by atoms with Crippen LogP contribution in [0.25, 0.3) is 0 Å². The summed E-state index contributed by atoms with van der Waals surface area (Å²) in [6.07, 6.45) is -4.49. The Morgan fingerprint density at radius 2 is 1.92 bits per heavy atom. The fourth-order valence-corrected chi connectivity index (χ4v) is 3.13. The fraction of sp³-hybridized carbons (Fsp3) is 0.278. The summed E-state index contributed by atoms with van der Waals surface area (Å²) in [5, 5.41) is 10.00. The summed E-state index contributed by atoms with van der Waals surface area (Å²) in [4.78, 5) is 6.23. The van der Waals surface area contributed by atoms with Crippen LogP contribution in [0.2, 0.25) is 5.02 Å². The van der Waals surface area contributed by atoms with Crippen molar-refractivity contribution < 1.29 is 18.3 Å². The SMILES string of the molecule is CN1c2ccc(Cl)cc2C(c2ccccc2C(F)(F)F)=NCC1CO. The molecule has 1 unspecified atom stereocenters. The number of halogens is 4. The molecule has 0 amide bonds. The number of alkyl halides is 3. The zero-order valence-corrected chi connectivity index (χ0v) is 14.1. The summed E-state index contributed by atoms with van der Waals surface area (Å²) in [7, 11) is 1.78. The molecule has 1 aliphatic rings. The number of benzodiazepines with no additional fused rings is 1. The number of likely N-dealkylation sites (N-methyl/N-ethyl adjacent to an activating group) is 1. The summed E-state index contributed by atoms with van der Waals surface area (Å²) in [5.41, 5.74) is 0.683. The van der Waals surface area contributed by atoms with E-state index >= 15 is 0 Å². The van der Waals surface area contributed by atoms with Gasteiger partial charge in [-0.25, -0.2) is 0 Å². The predicted octanol–water partition coefficient (Wildman–Crippen LogP) is 4.01. The first-order chi connectivity index (χ1) is 11.8. The van der Waals surface area contributed by atoms with Gasteiger partial charge in [-0.2, -0.15) is 13.2 Å². The minimum atomic E-state index is -4.49. The molecule has 3 nitrogen and oxygen atoms in total. The lowest BCUT2D eigenvalue weighted by Gasteiger charge is -2.27. The third kappa shape index (κ3) is 3.37. The molecule has 1 aliphatic heterocycles. The van der Waals surface area contributed by atoms with E-state index in [1.165, 1.54) is 12.1 Å². The van der Waals surface area contributed by atoms with E-state index in [1.54, 1.807) is 31.3 Å². The maximum atomic E-state index is 13.4. The van der Waals surface area contributed by atoms with E-state index in [2.05, 4.69) is 4.99 Å². The zero-order chi connectivity index (χ0) is 18.2. The maximum Gasteiger partial charge on any atom is 0.417 e. The molecular formula is C18H16ClF3N2O. The molecule has 7 heteroatoms. The Morgan fingerprint density at radius 1 is 1.20 bits per heavy atom. The molecule has 1 atom stereocenters. The molecule has 1 heterocycles. The molecule has 25 heavy (non-hydrogen) atoms. The number of aliphatic imine (C=N–C) groups is 1. The van der Waals surface area contributed by atoms with Crippen molar-refractivity contribution in [1.29, 1.82) is 0 Å². The number of fused-ring (bicyclic) bond motifs is 1. The molecular weight excluding hydrogens is 353 g/mol. The molecule has 3 rings (SSSR count). The van der Waals surface area contributed by atoms with Gasteiger partial charge < -0.3 is 10.0 Å². The molecule has 0 saturated heterocycles. The highest BCUT2D eigenvalue weighted by atomic mass is 35.5. The van der Waals surface area contributed by atoms with E-state index in [1.807, 2.05) is 4.90 Å². The maximum absolute atomic E-state index is 13.4. The number of aliphatic hydroxyl groups is 1. The average Bonchev–Trinajstić information content (AvgIpc) is 2.70. The second-order valence-corrected chi connectivity index (χ2v) is 6.28. The van der Waals surface area contributed by atoms with Crippen LogP contribution in [0.5, 0.6) is 0 Å². The molecule has 0 bridgehead atoms. The fourth-order valence-electron chi connectivity index (χ4n) is 2.95. The standard InChI is InChI=1S/C18H16ClF3N2O/c1-24-12(10-25)9-23-17(14-8-11(19)6-7-16(14)24)13-4-2-3-5-15(13)18(20,21)22/h2-8,12,25H,9-10H2,1H3. The number of nitrogens with zero attached hydrogens (tertiary/aromatic N) is 2. The lowest BCUT2D eigenvalue weighted by molar-refractivity contribution is -0.137. The van der Waals surface area contributed by atoms with E-state index in [4.69, 9.17) is 11.6 Å². The Balaban J connectivity index is 2.25. The Kier molecular flexibility index (Phi) is 4.75. The monoisotopic (exact) mass is 368 g/mol. The topological polar surface area (TPSA) is 35.8 Å². The minimum absolute atomic E-state index is 0.00510. The first kappa shape index (κ1) is 17.8. The van der Waals surface area contributed by atoms with Crippen molar-refractivity contribution in [2.45, 2.75) is 12.2 Å². The van der Waals surface area contributed by atoms with Gasteiger partial charge in [-0.3, -0.25) is 4.99 Å². The van der Waals surface area contributed by atoms with Crippen LogP contribution < -0.4 is 4.90 Å². The third-order valence-electron chi connectivity index (χ3n) is 4.30. The van der Waals surface area contributed by atoms with Gasteiger partial charge in [0.15, 0.2) is 0 Å². The normalized spacial score (nSPS) is 17.8. The van der Waals surface area contributed by atoms with Crippen LogP contribution in [0.4, 0.5) is 18.9 Å². The molecule has 0 aliphatic carbocycles. The van der Waals surface area contributed by atoms with Crippen LogP contribution in [0.3, 0.4) is 0 Å². The Bertz CT molecular complexity index is 820. The van der Waals surface area contributed by atoms with E-state index in [0.717, 1.165) is 6.07 Å². The Morgan fingerprint density at radius 3 is 2.60 bits per heavy atom. The van der Waals surface area contributed by atoms with Crippen molar-refractivity contribution in [1.82, 2.24) is 0 Å². The van der Waals surface area contributed by atoms with E-state index in [0.29, 0.717) is 16.3 Å².